The molecular formula is C20H23N3O6. The summed E-state index contributed by atoms with van der Waals surface area (Å²) in [6.45, 7) is 5.77. The van der Waals surface area contributed by atoms with Crippen LogP contribution in [0.5, 0.6) is 17.2 Å². The van der Waals surface area contributed by atoms with E-state index in [4.69, 9.17) is 9.47 Å². The molecule has 0 unspecified atom stereocenters. The molecule has 0 aliphatic rings. The highest BCUT2D eigenvalue weighted by Crippen LogP contribution is 2.36. The number of nitro groups is 1. The zero-order valence-electron chi connectivity index (χ0n) is 16.6. The van der Waals surface area contributed by atoms with Gasteiger partial charge in [0.05, 0.1) is 18.2 Å². The normalized spacial score (nSPS) is 10.9. The first-order valence-electron chi connectivity index (χ1n) is 8.83. The third-order valence-corrected chi connectivity index (χ3v) is 4.05. The summed E-state index contributed by atoms with van der Waals surface area (Å²) in [6.07, 6.45) is 1.21. The van der Waals surface area contributed by atoms with Gasteiger partial charge in [-0.25, -0.2) is 5.43 Å². The van der Waals surface area contributed by atoms with E-state index in [1.807, 2.05) is 39.0 Å². The number of phenols is 1. The molecule has 0 atom stereocenters. The number of hydrogen-bond acceptors (Lipinski definition) is 7. The molecule has 2 aromatic carbocycles. The van der Waals surface area contributed by atoms with E-state index in [0.29, 0.717) is 5.75 Å². The Morgan fingerprint density at radius 2 is 2.03 bits per heavy atom. The first-order chi connectivity index (χ1) is 13.7. The van der Waals surface area contributed by atoms with Crippen molar-refractivity contribution in [2.24, 2.45) is 5.10 Å². The van der Waals surface area contributed by atoms with Gasteiger partial charge < -0.3 is 14.6 Å². The van der Waals surface area contributed by atoms with Crippen LogP contribution < -0.4 is 14.9 Å². The lowest BCUT2D eigenvalue weighted by Gasteiger charge is -2.14. The number of aromatic hydroxyl groups is 1. The summed E-state index contributed by atoms with van der Waals surface area (Å²) in [5.74, 6) is -0.259. The number of hydrazone groups is 1. The number of rotatable bonds is 8. The van der Waals surface area contributed by atoms with E-state index in [1.165, 1.54) is 19.4 Å². The Kier molecular flexibility index (Phi) is 7.13. The average molecular weight is 401 g/mol. The fourth-order valence-corrected chi connectivity index (χ4v) is 2.58. The molecule has 0 aliphatic carbocycles. The van der Waals surface area contributed by atoms with Crippen molar-refractivity contribution in [1.82, 2.24) is 5.43 Å². The van der Waals surface area contributed by atoms with Crippen LogP contribution in [0.1, 0.15) is 36.5 Å². The van der Waals surface area contributed by atoms with Gasteiger partial charge in [-0.1, -0.05) is 26.0 Å². The number of amides is 1. The van der Waals surface area contributed by atoms with Crippen molar-refractivity contribution >= 4 is 17.8 Å². The van der Waals surface area contributed by atoms with Crippen LogP contribution in [-0.4, -0.2) is 35.9 Å². The number of carbonyl (C=O) groups excluding carboxylic acids is 1. The molecule has 1 amide bonds. The van der Waals surface area contributed by atoms with Gasteiger partial charge in [-0.3, -0.25) is 14.9 Å². The maximum Gasteiger partial charge on any atom is 0.315 e. The number of phenolic OH excluding ortho intramolecular Hbond substituents is 1. The number of nitrogens with zero attached hydrogens (tertiary/aromatic N) is 2. The molecule has 0 spiro atoms. The summed E-state index contributed by atoms with van der Waals surface area (Å²) in [5, 5.41) is 24.5. The molecule has 2 rings (SSSR count). The van der Waals surface area contributed by atoms with Crippen LogP contribution in [0.2, 0.25) is 0 Å². The fraction of sp³-hybridized carbons (Fsp3) is 0.300. The molecule has 154 valence electrons. The number of nitrogens with one attached hydrogen (secondary N) is 1. The van der Waals surface area contributed by atoms with Crippen molar-refractivity contribution in [1.29, 1.82) is 0 Å². The van der Waals surface area contributed by atoms with Gasteiger partial charge in [0.1, 0.15) is 5.75 Å². The summed E-state index contributed by atoms with van der Waals surface area (Å²) >= 11 is 0. The Bertz CT molecular complexity index is 940. The predicted octanol–water partition coefficient (Wildman–Crippen LogP) is 3.27. The van der Waals surface area contributed by atoms with E-state index in [0.717, 1.165) is 17.2 Å². The third kappa shape index (κ3) is 5.68. The lowest BCUT2D eigenvalue weighted by molar-refractivity contribution is -0.386. The lowest BCUT2D eigenvalue weighted by Crippen LogP contribution is -2.25. The Morgan fingerprint density at radius 3 is 2.66 bits per heavy atom. The zero-order chi connectivity index (χ0) is 21.6. The van der Waals surface area contributed by atoms with Gasteiger partial charge in [0.2, 0.25) is 5.75 Å². The number of methoxy groups -OCH3 is 1. The molecule has 0 bridgehead atoms. The predicted molar refractivity (Wildman–Crippen MR) is 108 cm³/mol. The van der Waals surface area contributed by atoms with E-state index in [2.05, 4.69) is 10.5 Å². The van der Waals surface area contributed by atoms with Crippen molar-refractivity contribution in [3.63, 3.8) is 0 Å². The number of ether oxygens (including phenoxy) is 2. The second-order valence-corrected chi connectivity index (χ2v) is 6.63. The molecule has 29 heavy (non-hydrogen) atoms. The van der Waals surface area contributed by atoms with Gasteiger partial charge in [-0.2, -0.15) is 5.10 Å². The molecule has 0 aromatic heterocycles. The highest BCUT2D eigenvalue weighted by Gasteiger charge is 2.19. The molecule has 2 aromatic rings. The number of carbonyl (C=O) groups is 1. The smallest absolute Gasteiger partial charge is 0.315 e. The standard InChI is InChI=1S/C20H23N3O6/c1-12(2)15-6-5-13(3)7-17(15)29-11-19(24)22-21-10-14-8-16(23(26)27)20(25)18(9-14)28-4/h5-10,12,25H,11H2,1-4H3,(H,22,24). The Balaban J connectivity index is 2.03. The summed E-state index contributed by atoms with van der Waals surface area (Å²) in [6, 6.07) is 8.30. The monoisotopic (exact) mass is 401 g/mol. The number of aryl methyl sites for hydroxylation is 1. The van der Waals surface area contributed by atoms with Gasteiger partial charge in [0.15, 0.2) is 12.4 Å². The first-order valence-corrected chi connectivity index (χ1v) is 8.83. The summed E-state index contributed by atoms with van der Waals surface area (Å²) in [7, 11) is 1.27. The average Bonchev–Trinajstić information content (AvgIpc) is 2.66. The second kappa shape index (κ2) is 9.54. The Morgan fingerprint density at radius 1 is 1.31 bits per heavy atom. The van der Waals surface area contributed by atoms with Gasteiger partial charge in [0, 0.05) is 11.6 Å². The lowest BCUT2D eigenvalue weighted by atomic mass is 10.0. The van der Waals surface area contributed by atoms with Crippen molar-refractivity contribution in [3.8, 4) is 17.2 Å². The van der Waals surface area contributed by atoms with Crippen LogP contribution in [0.15, 0.2) is 35.4 Å². The minimum Gasteiger partial charge on any atom is -0.500 e. The van der Waals surface area contributed by atoms with E-state index in [1.54, 1.807) is 0 Å². The van der Waals surface area contributed by atoms with Crippen LogP contribution in [0.25, 0.3) is 0 Å². The topological polar surface area (TPSA) is 123 Å². The second-order valence-electron chi connectivity index (χ2n) is 6.63. The van der Waals surface area contributed by atoms with Crippen LogP contribution in [-0.2, 0) is 4.79 Å². The van der Waals surface area contributed by atoms with E-state index < -0.39 is 22.3 Å². The summed E-state index contributed by atoms with van der Waals surface area (Å²) in [4.78, 5) is 22.3. The van der Waals surface area contributed by atoms with Gasteiger partial charge in [-0.15, -0.1) is 0 Å². The van der Waals surface area contributed by atoms with E-state index in [9.17, 15) is 20.0 Å². The zero-order valence-corrected chi connectivity index (χ0v) is 16.6. The quantitative estimate of drug-likeness (QED) is 0.397. The first kappa shape index (κ1) is 21.7. The molecule has 0 fully saturated rings. The molecule has 9 nitrogen and oxygen atoms in total. The number of benzene rings is 2. The maximum atomic E-state index is 12.0. The molecule has 0 radical (unpaired) electrons. The molecule has 0 aliphatic heterocycles. The highest BCUT2D eigenvalue weighted by atomic mass is 16.6. The van der Waals surface area contributed by atoms with E-state index >= 15 is 0 Å². The largest absolute Gasteiger partial charge is 0.500 e. The van der Waals surface area contributed by atoms with Gasteiger partial charge in [-0.05, 0) is 36.1 Å². The van der Waals surface area contributed by atoms with Crippen LogP contribution in [0, 0.1) is 17.0 Å². The van der Waals surface area contributed by atoms with Crippen LogP contribution >= 0.6 is 0 Å². The van der Waals surface area contributed by atoms with E-state index in [-0.39, 0.29) is 23.8 Å². The molecule has 0 saturated carbocycles. The minimum atomic E-state index is -0.740. The van der Waals surface area contributed by atoms with Crippen LogP contribution in [0.4, 0.5) is 5.69 Å². The molecule has 0 saturated heterocycles. The Labute approximate surface area is 168 Å². The Hall–Kier alpha value is -3.62. The van der Waals surface area contributed by atoms with Gasteiger partial charge >= 0.3 is 5.69 Å². The van der Waals surface area contributed by atoms with Crippen molar-refractivity contribution in [3.05, 3.63) is 57.1 Å². The fourth-order valence-electron chi connectivity index (χ4n) is 2.58. The molecule has 2 N–H and O–H groups in total. The summed E-state index contributed by atoms with van der Waals surface area (Å²) in [5.41, 5.74) is 4.06. The van der Waals surface area contributed by atoms with Crippen molar-refractivity contribution in [2.75, 3.05) is 13.7 Å². The number of nitro benzene ring substituents is 1. The summed E-state index contributed by atoms with van der Waals surface area (Å²) < 4.78 is 10.5. The minimum absolute atomic E-state index is 0.0732. The molecule has 9 heteroatoms. The number of hydrogen-bond donors (Lipinski definition) is 2. The molecule has 0 heterocycles. The SMILES string of the molecule is COc1cc(C=NNC(=O)COc2cc(C)ccc2C(C)C)cc([N+](=O)[O-])c1O. The van der Waals surface area contributed by atoms with Gasteiger partial charge in [0.25, 0.3) is 5.91 Å². The van der Waals surface area contributed by atoms with Crippen LogP contribution in [0.3, 0.4) is 0 Å². The third-order valence-electron chi connectivity index (χ3n) is 4.05. The highest BCUT2D eigenvalue weighted by molar-refractivity contribution is 5.85. The molecular weight excluding hydrogens is 378 g/mol. The maximum absolute atomic E-state index is 12.0. The van der Waals surface area contributed by atoms with Crippen molar-refractivity contribution in [2.45, 2.75) is 26.7 Å². The van der Waals surface area contributed by atoms with Crippen molar-refractivity contribution < 1.29 is 24.3 Å².